The summed E-state index contributed by atoms with van der Waals surface area (Å²) in [7, 11) is 1.58. The zero-order valence-electron chi connectivity index (χ0n) is 14.5. The summed E-state index contributed by atoms with van der Waals surface area (Å²) in [4.78, 5) is 25.1. The second-order valence-electron chi connectivity index (χ2n) is 6.12. The van der Waals surface area contributed by atoms with E-state index in [1.54, 1.807) is 19.2 Å². The maximum absolute atomic E-state index is 12.9. The number of carbonyl (C=O) groups excluding carboxylic acids is 1. The van der Waals surface area contributed by atoms with Crippen LogP contribution in [-0.4, -0.2) is 42.8 Å². The van der Waals surface area contributed by atoms with Gasteiger partial charge in [-0.15, -0.1) is 0 Å². The van der Waals surface area contributed by atoms with Gasteiger partial charge in [0.1, 0.15) is 18.8 Å². The van der Waals surface area contributed by atoms with E-state index in [2.05, 4.69) is 0 Å². The number of carbonyl (C=O) groups is 1. The van der Waals surface area contributed by atoms with Gasteiger partial charge in [0.25, 0.3) is 11.6 Å². The van der Waals surface area contributed by atoms with Crippen LogP contribution in [0.5, 0.6) is 23.0 Å². The third-order valence-corrected chi connectivity index (χ3v) is 4.29. The van der Waals surface area contributed by atoms with Gasteiger partial charge >= 0.3 is 0 Å². The predicted molar refractivity (Wildman–Crippen MR) is 92.4 cm³/mol. The minimum absolute atomic E-state index is 0.0486. The van der Waals surface area contributed by atoms with Gasteiger partial charge in [0.2, 0.25) is 6.79 Å². The summed E-state index contributed by atoms with van der Waals surface area (Å²) in [5.41, 5.74) is 0.449. The van der Waals surface area contributed by atoms with Crippen LogP contribution in [0, 0.1) is 10.1 Å². The highest BCUT2D eigenvalue weighted by Gasteiger charge is 2.28. The lowest BCUT2D eigenvalue weighted by atomic mass is 10.1. The minimum Gasteiger partial charge on any atom is -0.486 e. The van der Waals surface area contributed by atoms with Crippen LogP contribution < -0.4 is 18.9 Å². The third-order valence-electron chi connectivity index (χ3n) is 4.29. The summed E-state index contributed by atoms with van der Waals surface area (Å²) in [6.07, 6.45) is 0. The number of ether oxygens (including phenoxy) is 4. The fraction of sp³-hybridized carbons (Fsp3) is 0.278. The number of rotatable bonds is 4. The highest BCUT2D eigenvalue weighted by molar-refractivity contribution is 5.99. The molecule has 27 heavy (non-hydrogen) atoms. The van der Waals surface area contributed by atoms with Crippen molar-refractivity contribution in [3.05, 3.63) is 51.6 Å². The molecule has 0 saturated heterocycles. The molecule has 0 unspecified atom stereocenters. The van der Waals surface area contributed by atoms with E-state index in [0.717, 1.165) is 5.56 Å². The molecule has 1 amide bonds. The van der Waals surface area contributed by atoms with Gasteiger partial charge in [-0.3, -0.25) is 14.9 Å². The molecule has 0 radical (unpaired) electrons. The Morgan fingerprint density at radius 2 is 1.70 bits per heavy atom. The number of nitro benzene ring substituents is 1. The van der Waals surface area contributed by atoms with Crippen molar-refractivity contribution in [2.45, 2.75) is 6.54 Å². The molecule has 140 valence electrons. The molecule has 0 fully saturated rings. The number of amides is 1. The monoisotopic (exact) mass is 372 g/mol. The molecule has 4 rings (SSSR count). The normalized spacial score (nSPS) is 14.0. The van der Waals surface area contributed by atoms with Crippen molar-refractivity contribution < 1.29 is 28.7 Å². The molecule has 2 heterocycles. The summed E-state index contributed by atoms with van der Waals surface area (Å²) >= 11 is 0. The maximum Gasteiger partial charge on any atom is 0.286 e. The highest BCUT2D eigenvalue weighted by Crippen LogP contribution is 2.37. The molecule has 2 aromatic rings. The van der Waals surface area contributed by atoms with Crippen molar-refractivity contribution in [1.82, 2.24) is 4.90 Å². The fourth-order valence-electron chi connectivity index (χ4n) is 2.99. The molecule has 0 N–H and O–H groups in total. The van der Waals surface area contributed by atoms with Crippen LogP contribution in [-0.2, 0) is 6.54 Å². The molecule has 0 aliphatic carbocycles. The minimum atomic E-state index is -0.597. The Hall–Kier alpha value is -3.49. The lowest BCUT2D eigenvalue weighted by Gasteiger charge is -2.21. The average Bonchev–Trinajstić information content (AvgIpc) is 3.14. The summed E-state index contributed by atoms with van der Waals surface area (Å²) < 4.78 is 21.4. The average molecular weight is 372 g/mol. The van der Waals surface area contributed by atoms with Gasteiger partial charge < -0.3 is 23.8 Å². The standard InChI is InChI=1S/C18H16N2O7/c1-19(9-11-2-3-14-15(6-11)27-10-26-14)18(21)12-7-16-17(25-5-4-24-16)8-13(12)20(22)23/h2-3,6-8H,4-5,9-10H2,1H3. The van der Waals surface area contributed by atoms with Gasteiger partial charge in [0.15, 0.2) is 23.0 Å². The van der Waals surface area contributed by atoms with Gasteiger partial charge in [-0.25, -0.2) is 0 Å². The Bertz CT molecular complexity index is 928. The van der Waals surface area contributed by atoms with E-state index in [0.29, 0.717) is 30.5 Å². The number of benzene rings is 2. The largest absolute Gasteiger partial charge is 0.486 e. The van der Waals surface area contributed by atoms with Crippen LogP contribution in [0.2, 0.25) is 0 Å². The maximum atomic E-state index is 12.9. The fourth-order valence-corrected chi connectivity index (χ4v) is 2.99. The number of fused-ring (bicyclic) bond motifs is 2. The number of hydrogen-bond donors (Lipinski definition) is 0. The van der Waals surface area contributed by atoms with Crippen molar-refractivity contribution >= 4 is 11.6 Å². The zero-order chi connectivity index (χ0) is 19.0. The second kappa shape index (κ2) is 6.67. The summed E-state index contributed by atoms with van der Waals surface area (Å²) in [5, 5.41) is 11.4. The second-order valence-corrected chi connectivity index (χ2v) is 6.12. The summed E-state index contributed by atoms with van der Waals surface area (Å²) in [6.45, 7) is 1.05. The lowest BCUT2D eigenvalue weighted by molar-refractivity contribution is -0.385. The Kier molecular flexibility index (Phi) is 4.19. The molecule has 2 aliphatic rings. The molecule has 0 aromatic heterocycles. The number of nitrogens with zero attached hydrogens (tertiary/aromatic N) is 2. The van der Waals surface area contributed by atoms with Crippen molar-refractivity contribution in [3.63, 3.8) is 0 Å². The van der Waals surface area contributed by atoms with E-state index < -0.39 is 10.8 Å². The van der Waals surface area contributed by atoms with E-state index in [4.69, 9.17) is 18.9 Å². The van der Waals surface area contributed by atoms with Gasteiger partial charge in [-0.1, -0.05) is 6.07 Å². The van der Waals surface area contributed by atoms with Crippen LogP contribution >= 0.6 is 0 Å². The molecule has 9 nitrogen and oxygen atoms in total. The molecule has 2 aliphatic heterocycles. The first-order chi connectivity index (χ1) is 13.0. The highest BCUT2D eigenvalue weighted by atomic mass is 16.7. The van der Waals surface area contributed by atoms with E-state index in [-0.39, 0.29) is 30.3 Å². The summed E-state index contributed by atoms with van der Waals surface area (Å²) in [5.74, 6) is 1.36. The molecular weight excluding hydrogens is 356 g/mol. The Balaban J connectivity index is 1.60. The van der Waals surface area contributed by atoms with Gasteiger partial charge in [-0.05, 0) is 17.7 Å². The predicted octanol–water partition coefficient (Wildman–Crippen LogP) is 2.37. The Morgan fingerprint density at radius 1 is 1.04 bits per heavy atom. The van der Waals surface area contributed by atoms with E-state index >= 15 is 0 Å². The van der Waals surface area contributed by atoms with Crippen LogP contribution in [0.1, 0.15) is 15.9 Å². The molecule has 0 atom stereocenters. The van der Waals surface area contributed by atoms with Crippen LogP contribution in [0.3, 0.4) is 0 Å². The van der Waals surface area contributed by atoms with E-state index in [1.807, 2.05) is 6.07 Å². The van der Waals surface area contributed by atoms with Crippen molar-refractivity contribution in [3.8, 4) is 23.0 Å². The van der Waals surface area contributed by atoms with Gasteiger partial charge in [0, 0.05) is 19.7 Å². The van der Waals surface area contributed by atoms with Crippen LogP contribution in [0.25, 0.3) is 0 Å². The lowest BCUT2D eigenvalue weighted by Crippen LogP contribution is -2.27. The van der Waals surface area contributed by atoms with Crippen LogP contribution in [0.15, 0.2) is 30.3 Å². The Morgan fingerprint density at radius 3 is 2.44 bits per heavy atom. The molecule has 0 bridgehead atoms. The van der Waals surface area contributed by atoms with Crippen molar-refractivity contribution in [2.75, 3.05) is 27.1 Å². The molecule has 2 aromatic carbocycles. The first kappa shape index (κ1) is 17.0. The van der Waals surface area contributed by atoms with Crippen LogP contribution in [0.4, 0.5) is 5.69 Å². The SMILES string of the molecule is CN(Cc1ccc2c(c1)OCO2)C(=O)c1cc2c(cc1[N+](=O)[O-])OCCO2. The van der Waals surface area contributed by atoms with Gasteiger partial charge in [0.05, 0.1) is 11.0 Å². The quantitative estimate of drug-likeness (QED) is 0.600. The van der Waals surface area contributed by atoms with Crippen molar-refractivity contribution in [2.24, 2.45) is 0 Å². The molecular formula is C18H16N2O7. The third kappa shape index (κ3) is 3.19. The zero-order valence-corrected chi connectivity index (χ0v) is 14.5. The number of hydrogen-bond acceptors (Lipinski definition) is 7. The molecule has 0 saturated carbocycles. The topological polar surface area (TPSA) is 100 Å². The summed E-state index contributed by atoms with van der Waals surface area (Å²) in [6, 6.07) is 7.96. The first-order valence-electron chi connectivity index (χ1n) is 8.25. The number of nitro groups is 1. The molecule has 0 spiro atoms. The first-order valence-corrected chi connectivity index (χ1v) is 8.25. The van der Waals surface area contributed by atoms with E-state index in [9.17, 15) is 14.9 Å². The smallest absolute Gasteiger partial charge is 0.286 e. The molecule has 9 heteroatoms. The Labute approximate surface area is 154 Å². The van der Waals surface area contributed by atoms with Gasteiger partial charge in [-0.2, -0.15) is 0 Å². The van der Waals surface area contributed by atoms with Crippen molar-refractivity contribution in [1.29, 1.82) is 0 Å². The van der Waals surface area contributed by atoms with E-state index in [1.165, 1.54) is 17.0 Å².